The van der Waals surface area contributed by atoms with E-state index < -0.39 is 11.5 Å². The number of ether oxygens (including phenoxy) is 1. The Kier molecular flexibility index (Phi) is 6.93. The number of pyridine rings is 1. The highest BCUT2D eigenvalue weighted by molar-refractivity contribution is 5.98. The number of allylic oxidation sites excluding steroid dienone is 2. The average Bonchev–Trinajstić information content (AvgIpc) is 3.32. The highest BCUT2D eigenvalue weighted by atomic mass is 19.3. The number of H-pyrrole nitrogens is 1. The van der Waals surface area contributed by atoms with Crippen LogP contribution in [0.15, 0.2) is 36.8 Å². The Morgan fingerprint density at radius 1 is 1.18 bits per heavy atom. The minimum Gasteiger partial charge on any atom is -0.444 e. The first-order valence-corrected chi connectivity index (χ1v) is 12.9. The smallest absolute Gasteiger partial charge is 0.410 e. The number of halogens is 2. The fourth-order valence-corrected chi connectivity index (χ4v) is 4.75. The molecule has 38 heavy (non-hydrogen) atoms. The summed E-state index contributed by atoms with van der Waals surface area (Å²) in [5.41, 5.74) is 2.70. The number of hydrogen-bond donors (Lipinski definition) is 2. The molecule has 9 nitrogen and oxygen atoms in total. The van der Waals surface area contributed by atoms with Crippen molar-refractivity contribution in [2.24, 2.45) is 0 Å². The van der Waals surface area contributed by atoms with Gasteiger partial charge in [-0.25, -0.2) is 28.5 Å². The van der Waals surface area contributed by atoms with Gasteiger partial charge in [0.25, 0.3) is 5.92 Å². The number of rotatable bonds is 5. The van der Waals surface area contributed by atoms with E-state index in [0.29, 0.717) is 50.6 Å². The lowest BCUT2D eigenvalue weighted by Crippen LogP contribution is -2.50. The lowest BCUT2D eigenvalue weighted by atomic mass is 9.91. The topological polar surface area (TPSA) is 99.3 Å². The number of nitrogens with zero attached hydrogens (tertiary/aromatic N) is 5. The van der Waals surface area contributed by atoms with Gasteiger partial charge in [0.15, 0.2) is 0 Å². The molecule has 5 rings (SSSR count). The number of piperazine rings is 1. The van der Waals surface area contributed by atoms with E-state index in [2.05, 4.69) is 25.2 Å². The highest BCUT2D eigenvalue weighted by Gasteiger charge is 2.32. The van der Waals surface area contributed by atoms with Crippen LogP contribution in [0.25, 0.3) is 16.6 Å². The average molecular weight is 526 g/mol. The van der Waals surface area contributed by atoms with Crippen molar-refractivity contribution in [2.75, 3.05) is 36.4 Å². The van der Waals surface area contributed by atoms with Gasteiger partial charge < -0.3 is 24.8 Å². The molecule has 0 aromatic carbocycles. The predicted octanol–water partition coefficient (Wildman–Crippen LogP) is 5.22. The van der Waals surface area contributed by atoms with Crippen molar-refractivity contribution in [3.8, 4) is 0 Å². The third-order valence-corrected chi connectivity index (χ3v) is 6.71. The number of hydrogen-bond acceptors (Lipinski definition) is 7. The summed E-state index contributed by atoms with van der Waals surface area (Å²) in [6.07, 6.45) is 4.51. The molecule has 3 aromatic rings. The first kappa shape index (κ1) is 25.9. The van der Waals surface area contributed by atoms with Crippen LogP contribution in [-0.2, 0) is 11.3 Å². The van der Waals surface area contributed by atoms with Crippen molar-refractivity contribution in [3.63, 3.8) is 0 Å². The molecular weight excluding hydrogens is 492 g/mol. The second-order valence-electron chi connectivity index (χ2n) is 10.7. The number of alkyl halides is 2. The Bertz CT molecular complexity index is 1340. The summed E-state index contributed by atoms with van der Waals surface area (Å²) in [6, 6.07) is 5.87. The quantitative estimate of drug-likeness (QED) is 0.471. The van der Waals surface area contributed by atoms with Crippen LogP contribution in [0, 0.1) is 0 Å². The molecule has 2 N–H and O–H groups in total. The maximum atomic E-state index is 13.7. The number of carbonyl (C=O) groups is 1. The molecule has 2 aliphatic rings. The molecule has 11 heteroatoms. The molecule has 0 saturated carbocycles. The van der Waals surface area contributed by atoms with Crippen LogP contribution in [0.5, 0.6) is 0 Å². The van der Waals surface area contributed by atoms with Gasteiger partial charge >= 0.3 is 6.09 Å². The fraction of sp³-hybridized carbons (Fsp3) is 0.481. The zero-order valence-corrected chi connectivity index (χ0v) is 21.9. The second kappa shape index (κ2) is 10.2. The lowest BCUT2D eigenvalue weighted by Gasteiger charge is -2.36. The number of carbonyl (C=O) groups excluding carboxylic acids is 1. The molecule has 0 atom stereocenters. The van der Waals surface area contributed by atoms with Gasteiger partial charge in [-0.15, -0.1) is 0 Å². The number of amides is 1. The van der Waals surface area contributed by atoms with Crippen molar-refractivity contribution in [1.82, 2.24) is 24.8 Å². The molecule has 0 bridgehead atoms. The van der Waals surface area contributed by atoms with Crippen molar-refractivity contribution >= 4 is 34.3 Å². The molecule has 4 heterocycles. The number of fused-ring (bicyclic) bond motifs is 1. The maximum Gasteiger partial charge on any atom is 0.410 e. The summed E-state index contributed by atoms with van der Waals surface area (Å²) in [5, 5.41) is 4.15. The summed E-state index contributed by atoms with van der Waals surface area (Å²) in [5.74, 6) is -1.18. The van der Waals surface area contributed by atoms with E-state index in [0.717, 1.165) is 28.0 Å². The van der Waals surface area contributed by atoms with E-state index in [9.17, 15) is 13.6 Å². The monoisotopic (exact) mass is 525 g/mol. The molecule has 0 radical (unpaired) electrons. The van der Waals surface area contributed by atoms with E-state index in [-0.39, 0.29) is 18.9 Å². The standard InChI is InChI=1S/C27H33F2N7O2/c1-26(2,3)38-25(37)36-13-11-35(12-14-36)21-6-4-5-19(34-21)15-30-23-22-20(16-31-24(22)33-17-32-23)18-7-9-27(28,29)10-8-18/h4-7,16-17H,8-15H2,1-3H3,(H2,30,31,32,33). The molecular formula is C27H33F2N7O2. The molecule has 1 fully saturated rings. The summed E-state index contributed by atoms with van der Waals surface area (Å²) >= 11 is 0. The number of aromatic nitrogens is 4. The Morgan fingerprint density at radius 3 is 2.68 bits per heavy atom. The minimum absolute atomic E-state index is 0.162. The van der Waals surface area contributed by atoms with Crippen LogP contribution in [0.1, 0.15) is 51.3 Å². The largest absolute Gasteiger partial charge is 0.444 e. The van der Waals surface area contributed by atoms with Gasteiger partial charge in [-0.2, -0.15) is 0 Å². The Labute approximate surface area is 220 Å². The number of nitrogens with one attached hydrogen (secondary N) is 2. The zero-order chi connectivity index (χ0) is 26.9. The molecule has 202 valence electrons. The summed E-state index contributed by atoms with van der Waals surface area (Å²) in [7, 11) is 0. The molecule has 1 saturated heterocycles. The second-order valence-corrected chi connectivity index (χ2v) is 10.7. The number of aromatic amines is 1. The molecule has 0 unspecified atom stereocenters. The van der Waals surface area contributed by atoms with Gasteiger partial charge in [0.1, 0.15) is 29.2 Å². The summed E-state index contributed by atoms with van der Waals surface area (Å²) in [6.45, 7) is 8.48. The van der Waals surface area contributed by atoms with E-state index >= 15 is 0 Å². The van der Waals surface area contributed by atoms with Crippen LogP contribution in [0.4, 0.5) is 25.2 Å². The first-order valence-electron chi connectivity index (χ1n) is 12.9. The van der Waals surface area contributed by atoms with Crippen LogP contribution < -0.4 is 10.2 Å². The van der Waals surface area contributed by atoms with Gasteiger partial charge in [0.2, 0.25) is 0 Å². The predicted molar refractivity (Wildman–Crippen MR) is 142 cm³/mol. The third kappa shape index (κ3) is 5.87. The van der Waals surface area contributed by atoms with Gasteiger partial charge in [-0.1, -0.05) is 12.1 Å². The third-order valence-electron chi connectivity index (χ3n) is 6.71. The van der Waals surface area contributed by atoms with E-state index in [1.807, 2.05) is 45.2 Å². The van der Waals surface area contributed by atoms with Gasteiger partial charge in [0.05, 0.1) is 17.6 Å². The summed E-state index contributed by atoms with van der Waals surface area (Å²) < 4.78 is 32.8. The van der Waals surface area contributed by atoms with E-state index in [4.69, 9.17) is 9.72 Å². The first-order chi connectivity index (χ1) is 18.1. The highest BCUT2D eigenvalue weighted by Crippen LogP contribution is 2.39. The summed E-state index contributed by atoms with van der Waals surface area (Å²) in [4.78, 5) is 33.0. The van der Waals surface area contributed by atoms with E-state index in [1.54, 1.807) is 11.0 Å². The molecule has 1 aliphatic heterocycles. The van der Waals surface area contributed by atoms with Gasteiger partial charge in [-0.05, 0) is 44.9 Å². The molecule has 1 amide bonds. The van der Waals surface area contributed by atoms with Gasteiger partial charge in [-0.3, -0.25) is 0 Å². The fourth-order valence-electron chi connectivity index (χ4n) is 4.75. The Balaban J connectivity index is 1.26. The SMILES string of the molecule is CC(C)(C)OC(=O)N1CCN(c2cccc(CNc3ncnc4[nH]cc(C5=CCC(F)(F)CC5)c34)n2)CC1. The van der Waals surface area contributed by atoms with Crippen molar-refractivity contribution < 1.29 is 18.3 Å². The zero-order valence-electron chi connectivity index (χ0n) is 21.9. The maximum absolute atomic E-state index is 13.7. The minimum atomic E-state index is -2.65. The van der Waals surface area contributed by atoms with Crippen LogP contribution in [-0.4, -0.2) is 68.6 Å². The van der Waals surface area contributed by atoms with Crippen LogP contribution in [0.3, 0.4) is 0 Å². The molecule has 3 aromatic heterocycles. The molecule has 1 aliphatic carbocycles. The van der Waals surface area contributed by atoms with Crippen molar-refractivity contribution in [3.05, 3.63) is 48.1 Å². The van der Waals surface area contributed by atoms with Crippen molar-refractivity contribution in [1.29, 1.82) is 0 Å². The lowest BCUT2D eigenvalue weighted by molar-refractivity contribution is -0.00604. The molecule has 0 spiro atoms. The Hall–Kier alpha value is -3.76. The van der Waals surface area contributed by atoms with Crippen LogP contribution in [0.2, 0.25) is 0 Å². The number of anilines is 2. The van der Waals surface area contributed by atoms with Gasteiger partial charge in [0, 0.05) is 50.8 Å². The Morgan fingerprint density at radius 2 is 1.97 bits per heavy atom. The van der Waals surface area contributed by atoms with Crippen LogP contribution >= 0.6 is 0 Å². The van der Waals surface area contributed by atoms with Crippen molar-refractivity contribution in [2.45, 2.75) is 58.1 Å². The van der Waals surface area contributed by atoms with E-state index in [1.165, 1.54) is 6.33 Å². The normalized spacial score (nSPS) is 17.9.